The van der Waals surface area contributed by atoms with Gasteiger partial charge in [0.2, 0.25) is 0 Å². The second-order valence-corrected chi connectivity index (χ2v) is 8.68. The molecule has 2 aromatic heterocycles. The second kappa shape index (κ2) is 8.30. The molecule has 152 valence electrons. The fourth-order valence-electron chi connectivity index (χ4n) is 3.57. The summed E-state index contributed by atoms with van der Waals surface area (Å²) in [6, 6.07) is 7.25. The van der Waals surface area contributed by atoms with Crippen LogP contribution in [0, 0.1) is 0 Å². The zero-order valence-electron chi connectivity index (χ0n) is 16.4. The van der Waals surface area contributed by atoms with Crippen LogP contribution < -0.4 is 11.2 Å². The Kier molecular flexibility index (Phi) is 5.76. The van der Waals surface area contributed by atoms with Crippen molar-refractivity contribution >= 4 is 34.4 Å². The molecule has 7 nitrogen and oxygen atoms in total. The first-order valence-corrected chi connectivity index (χ1v) is 10.9. The number of aromatic nitrogens is 4. The molecule has 1 fully saturated rings. The predicted molar refractivity (Wildman–Crippen MR) is 117 cm³/mol. The first-order chi connectivity index (χ1) is 14.0. The number of thioether (sulfide) groups is 1. The van der Waals surface area contributed by atoms with Gasteiger partial charge >= 0.3 is 5.69 Å². The zero-order valence-corrected chi connectivity index (χ0v) is 18.0. The third kappa shape index (κ3) is 3.97. The van der Waals surface area contributed by atoms with Gasteiger partial charge in [0.15, 0.2) is 11.5 Å². The van der Waals surface area contributed by atoms with Crippen LogP contribution in [0.1, 0.15) is 12.8 Å². The lowest BCUT2D eigenvalue weighted by Gasteiger charge is -2.15. The van der Waals surface area contributed by atoms with Crippen LogP contribution in [-0.2, 0) is 14.1 Å². The van der Waals surface area contributed by atoms with Gasteiger partial charge in [-0.1, -0.05) is 23.7 Å². The summed E-state index contributed by atoms with van der Waals surface area (Å²) in [6.07, 6.45) is 2.48. The molecule has 1 saturated heterocycles. The van der Waals surface area contributed by atoms with Gasteiger partial charge in [-0.25, -0.2) is 14.8 Å². The van der Waals surface area contributed by atoms with Crippen molar-refractivity contribution in [3.05, 3.63) is 50.1 Å². The molecule has 9 heteroatoms. The largest absolute Gasteiger partial charge is 0.332 e. The highest BCUT2D eigenvalue weighted by atomic mass is 35.5. The molecule has 1 aliphatic heterocycles. The van der Waals surface area contributed by atoms with E-state index in [9.17, 15) is 9.59 Å². The summed E-state index contributed by atoms with van der Waals surface area (Å²) in [5.41, 5.74) is 0.302. The lowest BCUT2D eigenvalue weighted by atomic mass is 10.2. The quantitative estimate of drug-likeness (QED) is 0.456. The van der Waals surface area contributed by atoms with Gasteiger partial charge in [0, 0.05) is 37.0 Å². The highest BCUT2D eigenvalue weighted by Crippen LogP contribution is 2.27. The Morgan fingerprint density at radius 2 is 1.86 bits per heavy atom. The Morgan fingerprint density at radius 3 is 2.59 bits per heavy atom. The Balaban J connectivity index is 1.83. The summed E-state index contributed by atoms with van der Waals surface area (Å²) in [4.78, 5) is 37.0. The molecule has 29 heavy (non-hydrogen) atoms. The Bertz CT molecular complexity index is 1180. The van der Waals surface area contributed by atoms with Gasteiger partial charge in [0.25, 0.3) is 5.56 Å². The van der Waals surface area contributed by atoms with E-state index in [1.165, 1.54) is 36.2 Å². The van der Waals surface area contributed by atoms with E-state index in [0.717, 1.165) is 35.5 Å². The van der Waals surface area contributed by atoms with Gasteiger partial charge < -0.3 is 4.90 Å². The Morgan fingerprint density at radius 1 is 1.10 bits per heavy atom. The lowest BCUT2D eigenvalue weighted by Crippen LogP contribution is -2.37. The Labute approximate surface area is 177 Å². The molecule has 1 aromatic carbocycles. The van der Waals surface area contributed by atoms with E-state index in [4.69, 9.17) is 16.6 Å². The fourth-order valence-corrected chi connectivity index (χ4v) is 4.77. The van der Waals surface area contributed by atoms with Crippen LogP contribution in [0.25, 0.3) is 22.4 Å². The van der Waals surface area contributed by atoms with Gasteiger partial charge in [-0.05, 0) is 38.1 Å². The molecule has 0 amide bonds. The molecular formula is C20H22ClN5O2S. The molecule has 3 aromatic rings. The molecule has 0 bridgehead atoms. The van der Waals surface area contributed by atoms with Crippen LogP contribution in [0.5, 0.6) is 0 Å². The van der Waals surface area contributed by atoms with Gasteiger partial charge in [0.05, 0.1) is 0 Å². The molecule has 0 atom stereocenters. The summed E-state index contributed by atoms with van der Waals surface area (Å²) in [6.45, 7) is 3.18. The molecule has 3 heterocycles. The zero-order chi connectivity index (χ0) is 20.5. The van der Waals surface area contributed by atoms with Crippen LogP contribution in [0.2, 0.25) is 5.02 Å². The fraction of sp³-hybridized carbons (Fsp3) is 0.400. The minimum atomic E-state index is -0.411. The topological polar surface area (TPSA) is 73.0 Å². The molecule has 0 aliphatic carbocycles. The van der Waals surface area contributed by atoms with Crippen molar-refractivity contribution in [2.45, 2.75) is 17.9 Å². The number of aryl methyl sites for hydroxylation is 1. The number of rotatable bonds is 5. The number of likely N-dealkylation sites (tertiary alicyclic amines) is 1. The van der Waals surface area contributed by atoms with Crippen LogP contribution in [0.4, 0.5) is 0 Å². The maximum Gasteiger partial charge on any atom is 0.332 e. The molecule has 0 N–H and O–H groups in total. The second-order valence-electron chi connectivity index (χ2n) is 7.16. The number of nitrogens with zero attached hydrogens (tertiary/aromatic N) is 5. The molecule has 1 aliphatic rings. The third-order valence-electron chi connectivity index (χ3n) is 5.19. The van der Waals surface area contributed by atoms with Gasteiger partial charge in [-0.15, -0.1) is 11.8 Å². The van der Waals surface area contributed by atoms with Crippen molar-refractivity contribution in [1.82, 2.24) is 24.0 Å². The SMILES string of the molecule is Cn1c(=O)c2c(SCCN3CCCC3)nc(-c3cccc(Cl)c3)nc2n(C)c1=O. The van der Waals surface area contributed by atoms with Crippen molar-refractivity contribution in [3.63, 3.8) is 0 Å². The minimum Gasteiger partial charge on any atom is -0.303 e. The number of halogens is 1. The average molecular weight is 432 g/mol. The van der Waals surface area contributed by atoms with Crippen molar-refractivity contribution in [2.24, 2.45) is 14.1 Å². The molecule has 0 saturated carbocycles. The van der Waals surface area contributed by atoms with Crippen molar-refractivity contribution in [2.75, 3.05) is 25.4 Å². The van der Waals surface area contributed by atoms with Crippen LogP contribution in [0.15, 0.2) is 38.9 Å². The van der Waals surface area contributed by atoms with Crippen molar-refractivity contribution < 1.29 is 0 Å². The van der Waals surface area contributed by atoms with Crippen LogP contribution >= 0.6 is 23.4 Å². The van der Waals surface area contributed by atoms with E-state index in [0.29, 0.717) is 26.9 Å². The van der Waals surface area contributed by atoms with E-state index >= 15 is 0 Å². The molecule has 4 rings (SSSR count). The number of benzene rings is 1. The summed E-state index contributed by atoms with van der Waals surface area (Å²) in [7, 11) is 3.10. The van der Waals surface area contributed by atoms with E-state index in [1.54, 1.807) is 19.2 Å². The number of fused-ring (bicyclic) bond motifs is 1. The summed E-state index contributed by atoms with van der Waals surface area (Å²) in [5, 5.41) is 1.56. The van der Waals surface area contributed by atoms with Gasteiger partial charge in [0.1, 0.15) is 10.4 Å². The predicted octanol–water partition coefficient (Wildman–Crippen LogP) is 2.54. The monoisotopic (exact) mass is 431 g/mol. The highest BCUT2D eigenvalue weighted by Gasteiger charge is 2.19. The van der Waals surface area contributed by atoms with Crippen molar-refractivity contribution in [3.8, 4) is 11.4 Å². The maximum atomic E-state index is 12.9. The summed E-state index contributed by atoms with van der Waals surface area (Å²) >= 11 is 7.67. The minimum absolute atomic E-state index is 0.340. The highest BCUT2D eigenvalue weighted by molar-refractivity contribution is 7.99. The summed E-state index contributed by atoms with van der Waals surface area (Å²) < 4.78 is 2.51. The molecular weight excluding hydrogens is 410 g/mol. The van der Waals surface area contributed by atoms with Crippen LogP contribution in [-0.4, -0.2) is 49.4 Å². The molecule has 0 radical (unpaired) electrons. The first-order valence-electron chi connectivity index (χ1n) is 9.54. The number of hydrogen-bond donors (Lipinski definition) is 0. The normalized spacial score (nSPS) is 14.7. The Hall–Kier alpha value is -2.16. The maximum absolute atomic E-state index is 12.9. The molecule has 0 spiro atoms. The van der Waals surface area contributed by atoms with Crippen LogP contribution in [0.3, 0.4) is 0 Å². The van der Waals surface area contributed by atoms with Gasteiger partial charge in [-0.2, -0.15) is 0 Å². The average Bonchev–Trinajstić information content (AvgIpc) is 3.23. The van der Waals surface area contributed by atoms with E-state index in [-0.39, 0.29) is 5.56 Å². The van der Waals surface area contributed by atoms with E-state index < -0.39 is 5.69 Å². The lowest BCUT2D eigenvalue weighted by molar-refractivity contribution is 0.362. The third-order valence-corrected chi connectivity index (χ3v) is 6.39. The standard InChI is InChI=1S/C20H22ClN5O2S/c1-24-17-15(19(27)25(2)20(24)28)18(29-11-10-26-8-3-4-9-26)23-16(22-17)13-6-5-7-14(21)12-13/h5-7,12H,3-4,8-11H2,1-2H3. The smallest absolute Gasteiger partial charge is 0.303 e. The molecule has 0 unspecified atom stereocenters. The van der Waals surface area contributed by atoms with E-state index in [2.05, 4.69) is 9.88 Å². The first kappa shape index (κ1) is 20.1. The van der Waals surface area contributed by atoms with Gasteiger partial charge in [-0.3, -0.25) is 13.9 Å². The summed E-state index contributed by atoms with van der Waals surface area (Å²) in [5.74, 6) is 1.26. The number of hydrogen-bond acceptors (Lipinski definition) is 6. The van der Waals surface area contributed by atoms with Crippen molar-refractivity contribution in [1.29, 1.82) is 0 Å². The van der Waals surface area contributed by atoms with E-state index in [1.807, 2.05) is 12.1 Å².